The molecular formula is C26H29N5O2S. The average molecular weight is 476 g/mol. The highest BCUT2D eigenvalue weighted by Gasteiger charge is 2.24. The third-order valence-electron chi connectivity index (χ3n) is 5.87. The zero-order valence-electron chi connectivity index (χ0n) is 19.4. The number of nitrogens with zero attached hydrogens (tertiary/aromatic N) is 5. The molecule has 34 heavy (non-hydrogen) atoms. The summed E-state index contributed by atoms with van der Waals surface area (Å²) in [5.41, 5.74) is 3.09. The van der Waals surface area contributed by atoms with Crippen LogP contribution >= 0.6 is 11.3 Å². The number of aryl methyl sites for hydroxylation is 1. The summed E-state index contributed by atoms with van der Waals surface area (Å²) in [6.07, 6.45) is 2.48. The number of carbonyl (C=O) groups excluding carboxylic acids is 2. The second-order valence-electron chi connectivity index (χ2n) is 8.32. The van der Waals surface area contributed by atoms with E-state index in [1.165, 1.54) is 16.9 Å². The summed E-state index contributed by atoms with van der Waals surface area (Å²) in [6.45, 7) is 8.89. The molecule has 0 unspecified atom stereocenters. The molecule has 176 valence electrons. The van der Waals surface area contributed by atoms with Crippen LogP contribution in [-0.4, -0.2) is 71.1 Å². The number of amides is 2. The number of anilines is 1. The van der Waals surface area contributed by atoms with Crippen LogP contribution in [0, 0.1) is 6.92 Å². The third kappa shape index (κ3) is 5.69. The van der Waals surface area contributed by atoms with Crippen LogP contribution in [0.3, 0.4) is 0 Å². The Labute approximate surface area is 204 Å². The van der Waals surface area contributed by atoms with E-state index in [4.69, 9.17) is 0 Å². The molecule has 0 saturated carbocycles. The lowest BCUT2D eigenvalue weighted by Crippen LogP contribution is -2.44. The second kappa shape index (κ2) is 11.1. The van der Waals surface area contributed by atoms with Crippen LogP contribution < -0.4 is 4.90 Å². The summed E-state index contributed by atoms with van der Waals surface area (Å²) in [4.78, 5) is 32.0. The fourth-order valence-electron chi connectivity index (χ4n) is 3.96. The molecule has 2 amide bonds. The highest BCUT2D eigenvalue weighted by atomic mass is 32.1. The molecule has 1 aliphatic heterocycles. The zero-order valence-corrected chi connectivity index (χ0v) is 20.2. The van der Waals surface area contributed by atoms with Crippen LogP contribution in [0.1, 0.15) is 21.7 Å². The van der Waals surface area contributed by atoms with Gasteiger partial charge >= 0.3 is 0 Å². The molecule has 2 aromatic heterocycles. The van der Waals surface area contributed by atoms with E-state index in [-0.39, 0.29) is 18.4 Å². The summed E-state index contributed by atoms with van der Waals surface area (Å²) >= 11 is 1.38. The molecule has 3 heterocycles. The van der Waals surface area contributed by atoms with Gasteiger partial charge in [-0.3, -0.25) is 9.59 Å². The fraction of sp³-hybridized carbons (Fsp3) is 0.308. The van der Waals surface area contributed by atoms with Crippen molar-refractivity contribution < 1.29 is 9.59 Å². The van der Waals surface area contributed by atoms with Crippen molar-refractivity contribution in [1.82, 2.24) is 20.0 Å². The zero-order chi connectivity index (χ0) is 23.9. The number of hydrogen-bond donors (Lipinski definition) is 0. The molecule has 0 radical (unpaired) electrons. The van der Waals surface area contributed by atoms with E-state index in [0.29, 0.717) is 31.1 Å². The predicted molar refractivity (Wildman–Crippen MR) is 136 cm³/mol. The molecule has 8 heteroatoms. The third-order valence-corrected chi connectivity index (χ3v) is 6.72. The van der Waals surface area contributed by atoms with Crippen LogP contribution in [0.4, 0.5) is 5.82 Å². The number of benzene rings is 1. The number of thiophene rings is 1. The molecular weight excluding hydrogens is 446 g/mol. The van der Waals surface area contributed by atoms with Crippen LogP contribution in [0.15, 0.2) is 66.6 Å². The number of carbonyl (C=O) groups is 2. The molecule has 1 aromatic carbocycles. The van der Waals surface area contributed by atoms with Gasteiger partial charge < -0.3 is 14.7 Å². The van der Waals surface area contributed by atoms with E-state index >= 15 is 0 Å². The summed E-state index contributed by atoms with van der Waals surface area (Å²) in [5, 5.41) is 10.7. The Balaban J connectivity index is 1.36. The molecule has 0 spiro atoms. The van der Waals surface area contributed by atoms with Gasteiger partial charge in [0.25, 0.3) is 5.91 Å². The van der Waals surface area contributed by atoms with E-state index in [0.717, 1.165) is 30.0 Å². The van der Waals surface area contributed by atoms with E-state index in [9.17, 15) is 9.59 Å². The molecule has 3 aromatic rings. The number of hydrogen-bond acceptors (Lipinski definition) is 6. The smallest absolute Gasteiger partial charge is 0.264 e. The fourth-order valence-corrected chi connectivity index (χ4v) is 4.65. The first-order valence-corrected chi connectivity index (χ1v) is 12.3. The second-order valence-corrected chi connectivity index (χ2v) is 9.26. The van der Waals surface area contributed by atoms with Gasteiger partial charge in [0.1, 0.15) is 6.54 Å². The molecule has 1 saturated heterocycles. The Hall–Kier alpha value is -3.52. The van der Waals surface area contributed by atoms with Gasteiger partial charge in [0.05, 0.1) is 10.6 Å². The van der Waals surface area contributed by atoms with E-state index in [2.05, 4.69) is 40.7 Å². The standard InChI is InChI=1S/C26H29N5O2S/c1-3-13-31(26(33)23-6-4-18-34-23)19-25(32)30-15-5-14-29(16-17-30)24-12-11-22(27-28-24)21-9-7-20(2)8-10-21/h3-4,6-12,18H,1,5,13-17,19H2,2H3. The van der Waals surface area contributed by atoms with E-state index in [1.807, 2.05) is 40.6 Å². The minimum atomic E-state index is -0.136. The lowest BCUT2D eigenvalue weighted by Gasteiger charge is -2.26. The summed E-state index contributed by atoms with van der Waals surface area (Å²) in [7, 11) is 0. The number of aromatic nitrogens is 2. The monoisotopic (exact) mass is 475 g/mol. The van der Waals surface area contributed by atoms with E-state index < -0.39 is 0 Å². The minimum Gasteiger partial charge on any atom is -0.353 e. The van der Waals surface area contributed by atoms with Gasteiger partial charge in [0.15, 0.2) is 5.82 Å². The first-order chi connectivity index (χ1) is 16.5. The molecule has 0 atom stereocenters. The van der Waals surface area contributed by atoms with Crippen LogP contribution in [0.5, 0.6) is 0 Å². The van der Waals surface area contributed by atoms with E-state index in [1.54, 1.807) is 17.0 Å². The summed E-state index contributed by atoms with van der Waals surface area (Å²) in [5.74, 6) is 0.629. The predicted octanol–water partition coefficient (Wildman–Crippen LogP) is 3.88. The topological polar surface area (TPSA) is 69.6 Å². The van der Waals surface area contributed by atoms with Gasteiger partial charge in [-0.15, -0.1) is 28.1 Å². The highest BCUT2D eigenvalue weighted by Crippen LogP contribution is 2.20. The van der Waals surface area contributed by atoms with Gasteiger partial charge in [-0.2, -0.15) is 0 Å². The maximum absolute atomic E-state index is 13.0. The van der Waals surface area contributed by atoms with Crippen molar-refractivity contribution >= 4 is 29.0 Å². The lowest BCUT2D eigenvalue weighted by atomic mass is 10.1. The number of rotatable bonds is 7. The van der Waals surface area contributed by atoms with Crippen molar-refractivity contribution in [3.63, 3.8) is 0 Å². The Morgan fingerprint density at radius 3 is 2.56 bits per heavy atom. The minimum absolute atomic E-state index is 0.0468. The quantitative estimate of drug-likeness (QED) is 0.485. The summed E-state index contributed by atoms with van der Waals surface area (Å²) < 4.78 is 0. The first kappa shape index (κ1) is 23.6. The van der Waals surface area contributed by atoms with Gasteiger partial charge in [0, 0.05) is 38.3 Å². The van der Waals surface area contributed by atoms with Crippen molar-refractivity contribution in [3.05, 3.63) is 77.0 Å². The normalized spacial score (nSPS) is 13.9. The maximum atomic E-state index is 13.0. The molecule has 1 aliphatic rings. The van der Waals surface area contributed by atoms with Crippen LogP contribution in [0.2, 0.25) is 0 Å². The first-order valence-electron chi connectivity index (χ1n) is 11.4. The SMILES string of the molecule is C=CCN(CC(=O)N1CCCN(c2ccc(-c3ccc(C)cc3)nn2)CC1)C(=O)c1cccs1. The van der Waals surface area contributed by atoms with Crippen molar-refractivity contribution in [1.29, 1.82) is 0 Å². The van der Waals surface area contributed by atoms with Crippen LogP contribution in [-0.2, 0) is 4.79 Å². The molecule has 4 rings (SSSR count). The largest absolute Gasteiger partial charge is 0.353 e. The Bertz CT molecular complexity index is 1110. The molecule has 7 nitrogen and oxygen atoms in total. The van der Waals surface area contributed by atoms with Gasteiger partial charge in [-0.05, 0) is 36.9 Å². The Morgan fingerprint density at radius 2 is 1.88 bits per heavy atom. The molecule has 0 aliphatic carbocycles. The molecule has 0 N–H and O–H groups in total. The highest BCUT2D eigenvalue weighted by molar-refractivity contribution is 7.12. The van der Waals surface area contributed by atoms with Crippen LogP contribution in [0.25, 0.3) is 11.3 Å². The van der Waals surface area contributed by atoms with Crippen molar-refractivity contribution in [2.24, 2.45) is 0 Å². The molecule has 0 bridgehead atoms. The maximum Gasteiger partial charge on any atom is 0.264 e. The van der Waals surface area contributed by atoms with Gasteiger partial charge in [-0.25, -0.2) is 0 Å². The van der Waals surface area contributed by atoms with Crippen molar-refractivity contribution in [2.45, 2.75) is 13.3 Å². The Kier molecular flexibility index (Phi) is 7.69. The average Bonchev–Trinajstić information content (AvgIpc) is 3.28. The van der Waals surface area contributed by atoms with Crippen molar-refractivity contribution in [2.75, 3.05) is 44.2 Å². The van der Waals surface area contributed by atoms with Crippen molar-refractivity contribution in [3.8, 4) is 11.3 Å². The van der Waals surface area contributed by atoms with Gasteiger partial charge in [-0.1, -0.05) is 42.0 Å². The lowest BCUT2D eigenvalue weighted by molar-refractivity contribution is -0.131. The van der Waals surface area contributed by atoms with Gasteiger partial charge in [0.2, 0.25) is 5.91 Å². The summed E-state index contributed by atoms with van der Waals surface area (Å²) in [6, 6.07) is 15.8. The molecule has 1 fully saturated rings. The Morgan fingerprint density at radius 1 is 1.06 bits per heavy atom.